The zero-order chi connectivity index (χ0) is 14.3. The summed E-state index contributed by atoms with van der Waals surface area (Å²) in [6.45, 7) is 3.00. The monoisotopic (exact) mass is 285 g/mol. The van der Waals surface area contributed by atoms with Crippen molar-refractivity contribution in [3.8, 4) is 11.5 Å². The number of nitrogens with one attached hydrogen (secondary N) is 1. The number of methoxy groups -OCH3 is 2. The number of ether oxygens (including phenoxy) is 2. The van der Waals surface area contributed by atoms with E-state index in [9.17, 15) is 4.21 Å². The van der Waals surface area contributed by atoms with Gasteiger partial charge in [0.05, 0.1) is 14.2 Å². The summed E-state index contributed by atoms with van der Waals surface area (Å²) in [7, 11) is 2.40. The predicted octanol–water partition coefficient (Wildman–Crippen LogP) is 2.12. The van der Waals surface area contributed by atoms with Crippen molar-refractivity contribution in [2.24, 2.45) is 0 Å². The highest BCUT2D eigenvalue weighted by Gasteiger charge is 2.17. The lowest BCUT2D eigenvalue weighted by molar-refractivity contribution is 0.386. The highest BCUT2D eigenvalue weighted by molar-refractivity contribution is 7.84. The summed E-state index contributed by atoms with van der Waals surface area (Å²) in [5.41, 5.74) is 1.02. The van der Waals surface area contributed by atoms with E-state index in [4.69, 9.17) is 9.47 Å². The van der Waals surface area contributed by atoms with Crippen LogP contribution in [0.25, 0.3) is 0 Å². The standard InChI is InChI=1S/C14H23NO3S/c1-5-8-15-13(10-19(4)16)12-7-6-11(17-2)9-14(12)18-3/h6-7,9,13,15H,5,8,10H2,1-4H3. The molecule has 0 heterocycles. The molecule has 5 heteroatoms. The van der Waals surface area contributed by atoms with Gasteiger partial charge in [-0.15, -0.1) is 0 Å². The van der Waals surface area contributed by atoms with E-state index in [2.05, 4.69) is 12.2 Å². The van der Waals surface area contributed by atoms with E-state index in [1.807, 2.05) is 18.2 Å². The van der Waals surface area contributed by atoms with E-state index >= 15 is 0 Å². The van der Waals surface area contributed by atoms with Gasteiger partial charge in [0.2, 0.25) is 0 Å². The minimum atomic E-state index is -0.866. The van der Waals surface area contributed by atoms with Gasteiger partial charge >= 0.3 is 0 Å². The molecular weight excluding hydrogens is 262 g/mol. The summed E-state index contributed by atoms with van der Waals surface area (Å²) in [6, 6.07) is 5.76. The molecule has 0 fully saturated rings. The topological polar surface area (TPSA) is 47.6 Å². The molecule has 1 rings (SSSR count). The molecule has 0 saturated heterocycles. The number of hydrogen-bond acceptors (Lipinski definition) is 4. The molecule has 1 aromatic rings. The van der Waals surface area contributed by atoms with Gasteiger partial charge in [-0.2, -0.15) is 0 Å². The van der Waals surface area contributed by atoms with E-state index in [-0.39, 0.29) is 6.04 Å². The van der Waals surface area contributed by atoms with Crippen LogP contribution in [0.2, 0.25) is 0 Å². The van der Waals surface area contributed by atoms with Gasteiger partial charge in [0, 0.05) is 40.5 Å². The van der Waals surface area contributed by atoms with Crippen molar-refractivity contribution in [3.05, 3.63) is 23.8 Å². The van der Waals surface area contributed by atoms with Crippen LogP contribution in [0.4, 0.5) is 0 Å². The number of rotatable bonds is 8. The Balaban J connectivity index is 3.02. The summed E-state index contributed by atoms with van der Waals surface area (Å²) in [5.74, 6) is 2.09. The first-order valence-electron chi connectivity index (χ1n) is 6.37. The summed E-state index contributed by atoms with van der Waals surface area (Å²) < 4.78 is 22.1. The quantitative estimate of drug-likeness (QED) is 0.795. The average molecular weight is 285 g/mol. The lowest BCUT2D eigenvalue weighted by Crippen LogP contribution is -2.27. The Morgan fingerprint density at radius 2 is 2.05 bits per heavy atom. The SMILES string of the molecule is CCCNC(CS(C)=O)c1ccc(OC)cc1OC. The van der Waals surface area contributed by atoms with E-state index in [0.717, 1.165) is 30.0 Å². The molecule has 0 spiro atoms. The van der Waals surface area contributed by atoms with Gasteiger partial charge in [-0.1, -0.05) is 13.0 Å². The van der Waals surface area contributed by atoms with Crippen molar-refractivity contribution in [2.45, 2.75) is 19.4 Å². The largest absolute Gasteiger partial charge is 0.497 e. The van der Waals surface area contributed by atoms with Crippen molar-refractivity contribution < 1.29 is 13.7 Å². The molecule has 0 aliphatic heterocycles. The molecule has 19 heavy (non-hydrogen) atoms. The summed E-state index contributed by atoms with van der Waals surface area (Å²) in [4.78, 5) is 0. The molecule has 0 bridgehead atoms. The first-order valence-corrected chi connectivity index (χ1v) is 8.10. The minimum absolute atomic E-state index is 0.0339. The van der Waals surface area contributed by atoms with E-state index in [1.165, 1.54) is 0 Å². The second-order valence-electron chi connectivity index (χ2n) is 4.35. The van der Waals surface area contributed by atoms with Crippen LogP contribution in [0, 0.1) is 0 Å². The minimum Gasteiger partial charge on any atom is -0.497 e. The first-order chi connectivity index (χ1) is 9.12. The van der Waals surface area contributed by atoms with Gasteiger partial charge in [-0.25, -0.2) is 0 Å². The molecule has 0 aliphatic carbocycles. The van der Waals surface area contributed by atoms with Gasteiger partial charge < -0.3 is 14.8 Å². The maximum Gasteiger partial charge on any atom is 0.127 e. The lowest BCUT2D eigenvalue weighted by Gasteiger charge is -2.20. The lowest BCUT2D eigenvalue weighted by atomic mass is 10.1. The second kappa shape index (κ2) is 8.17. The van der Waals surface area contributed by atoms with Crippen LogP contribution in [0.3, 0.4) is 0 Å². The third kappa shape index (κ3) is 4.84. The molecule has 0 radical (unpaired) electrons. The molecule has 1 N–H and O–H groups in total. The third-order valence-electron chi connectivity index (χ3n) is 2.86. The highest BCUT2D eigenvalue weighted by atomic mass is 32.2. The van der Waals surface area contributed by atoms with E-state index < -0.39 is 10.8 Å². The van der Waals surface area contributed by atoms with Crippen LogP contribution in [0.1, 0.15) is 24.9 Å². The smallest absolute Gasteiger partial charge is 0.127 e. The second-order valence-corrected chi connectivity index (χ2v) is 5.83. The summed E-state index contributed by atoms with van der Waals surface area (Å²) >= 11 is 0. The molecule has 2 unspecified atom stereocenters. The van der Waals surface area contributed by atoms with Gasteiger partial charge in [0.25, 0.3) is 0 Å². The Morgan fingerprint density at radius 3 is 2.58 bits per heavy atom. The predicted molar refractivity (Wildman–Crippen MR) is 79.5 cm³/mol. The summed E-state index contributed by atoms with van der Waals surface area (Å²) in [6.07, 6.45) is 2.75. The molecule has 2 atom stereocenters. The van der Waals surface area contributed by atoms with E-state index in [0.29, 0.717) is 5.75 Å². The normalized spacial score (nSPS) is 13.9. The molecule has 0 saturated carbocycles. The van der Waals surface area contributed by atoms with Gasteiger partial charge in [0.15, 0.2) is 0 Å². The average Bonchev–Trinajstić information content (AvgIpc) is 2.42. The van der Waals surface area contributed by atoms with Crippen molar-refractivity contribution in [3.63, 3.8) is 0 Å². The van der Waals surface area contributed by atoms with Crippen molar-refractivity contribution in [1.82, 2.24) is 5.32 Å². The zero-order valence-corrected chi connectivity index (χ0v) is 12.9. The molecule has 1 aromatic carbocycles. The first kappa shape index (κ1) is 16.0. The van der Waals surface area contributed by atoms with Crippen LogP contribution < -0.4 is 14.8 Å². The maximum absolute atomic E-state index is 11.5. The fourth-order valence-electron chi connectivity index (χ4n) is 1.92. The Morgan fingerprint density at radius 1 is 1.32 bits per heavy atom. The van der Waals surface area contributed by atoms with Crippen LogP contribution >= 0.6 is 0 Å². The fourth-order valence-corrected chi connectivity index (χ4v) is 2.69. The van der Waals surface area contributed by atoms with Crippen LogP contribution in [-0.2, 0) is 10.8 Å². The number of benzene rings is 1. The molecule has 4 nitrogen and oxygen atoms in total. The van der Waals surface area contributed by atoms with Gasteiger partial charge in [-0.3, -0.25) is 4.21 Å². The molecule has 0 aliphatic rings. The zero-order valence-electron chi connectivity index (χ0n) is 12.1. The van der Waals surface area contributed by atoms with Crippen molar-refractivity contribution in [1.29, 1.82) is 0 Å². The van der Waals surface area contributed by atoms with Crippen molar-refractivity contribution >= 4 is 10.8 Å². The van der Waals surface area contributed by atoms with Crippen LogP contribution in [0.5, 0.6) is 11.5 Å². The Hall–Kier alpha value is -1.07. The maximum atomic E-state index is 11.5. The van der Waals surface area contributed by atoms with Gasteiger partial charge in [0.1, 0.15) is 11.5 Å². The third-order valence-corrected chi connectivity index (χ3v) is 3.66. The van der Waals surface area contributed by atoms with Crippen molar-refractivity contribution in [2.75, 3.05) is 32.8 Å². The number of hydrogen-bond donors (Lipinski definition) is 1. The molecular formula is C14H23NO3S. The molecule has 108 valence electrons. The molecule has 0 aromatic heterocycles. The van der Waals surface area contributed by atoms with Gasteiger partial charge in [-0.05, 0) is 19.0 Å². The Labute approximate surface area is 118 Å². The Kier molecular flexibility index (Phi) is 6.87. The molecule has 0 amide bonds. The highest BCUT2D eigenvalue weighted by Crippen LogP contribution is 2.29. The summed E-state index contributed by atoms with van der Waals surface area (Å²) in [5, 5.41) is 3.42. The Bertz CT molecular complexity index is 423. The fraction of sp³-hybridized carbons (Fsp3) is 0.571. The van der Waals surface area contributed by atoms with E-state index in [1.54, 1.807) is 20.5 Å². The van der Waals surface area contributed by atoms with Crippen LogP contribution in [-0.4, -0.2) is 37.0 Å². The van der Waals surface area contributed by atoms with Crippen LogP contribution in [0.15, 0.2) is 18.2 Å².